The number of hydrogen-bond acceptors (Lipinski definition) is 4. The summed E-state index contributed by atoms with van der Waals surface area (Å²) in [5.41, 5.74) is 11.6. The molecule has 1 rings (SSSR count). The molecule has 6 nitrogen and oxygen atoms in total. The SMILES string of the molecule is CC(CC(=N)N)N(C)c1ccnc(C(N)=O)c1. The molecule has 17 heavy (non-hydrogen) atoms. The Morgan fingerprint density at radius 2 is 2.24 bits per heavy atom. The Morgan fingerprint density at radius 3 is 2.76 bits per heavy atom. The molecular weight excluding hydrogens is 218 g/mol. The van der Waals surface area contributed by atoms with Crippen LogP contribution < -0.4 is 16.4 Å². The number of nitrogens with two attached hydrogens (primary N) is 2. The molecule has 1 aromatic rings. The summed E-state index contributed by atoms with van der Waals surface area (Å²) in [5, 5.41) is 7.26. The number of aromatic nitrogens is 1. The van der Waals surface area contributed by atoms with Crippen molar-refractivity contribution in [2.24, 2.45) is 11.5 Å². The molecular formula is C11H17N5O. The smallest absolute Gasteiger partial charge is 0.267 e. The van der Waals surface area contributed by atoms with Crippen molar-refractivity contribution >= 4 is 17.4 Å². The van der Waals surface area contributed by atoms with E-state index in [1.54, 1.807) is 12.1 Å². The second kappa shape index (κ2) is 5.29. The molecule has 1 atom stereocenters. The van der Waals surface area contributed by atoms with Crippen LogP contribution in [-0.2, 0) is 0 Å². The maximum Gasteiger partial charge on any atom is 0.267 e. The molecule has 1 heterocycles. The fourth-order valence-corrected chi connectivity index (χ4v) is 1.48. The van der Waals surface area contributed by atoms with Gasteiger partial charge in [0.25, 0.3) is 5.91 Å². The summed E-state index contributed by atoms with van der Waals surface area (Å²) in [7, 11) is 1.87. The molecule has 0 spiro atoms. The number of nitrogens with zero attached hydrogens (tertiary/aromatic N) is 2. The Kier molecular flexibility index (Phi) is 4.03. The van der Waals surface area contributed by atoms with Gasteiger partial charge in [0.2, 0.25) is 0 Å². The predicted molar refractivity (Wildman–Crippen MR) is 67.2 cm³/mol. The maximum absolute atomic E-state index is 11.0. The summed E-state index contributed by atoms with van der Waals surface area (Å²) in [6, 6.07) is 3.47. The number of carbonyl (C=O) groups is 1. The third kappa shape index (κ3) is 3.44. The van der Waals surface area contributed by atoms with E-state index in [4.69, 9.17) is 16.9 Å². The topological polar surface area (TPSA) is 109 Å². The molecule has 0 saturated carbocycles. The summed E-state index contributed by atoms with van der Waals surface area (Å²) in [4.78, 5) is 16.8. The van der Waals surface area contributed by atoms with E-state index in [0.29, 0.717) is 6.42 Å². The average molecular weight is 235 g/mol. The van der Waals surface area contributed by atoms with Crippen LogP contribution >= 0.6 is 0 Å². The van der Waals surface area contributed by atoms with E-state index in [1.165, 1.54) is 6.20 Å². The lowest BCUT2D eigenvalue weighted by Crippen LogP contribution is -2.33. The molecule has 1 amide bonds. The van der Waals surface area contributed by atoms with Gasteiger partial charge in [-0.3, -0.25) is 15.2 Å². The van der Waals surface area contributed by atoms with Crippen molar-refractivity contribution in [3.8, 4) is 0 Å². The normalized spacial score (nSPS) is 11.9. The Hall–Kier alpha value is -2.11. The number of anilines is 1. The quantitative estimate of drug-likeness (QED) is 0.504. The van der Waals surface area contributed by atoms with Crippen molar-refractivity contribution in [3.63, 3.8) is 0 Å². The molecule has 0 radical (unpaired) electrons. The minimum Gasteiger partial charge on any atom is -0.388 e. The lowest BCUT2D eigenvalue weighted by atomic mass is 10.1. The van der Waals surface area contributed by atoms with Crippen LogP contribution in [-0.4, -0.2) is 29.8 Å². The minimum atomic E-state index is -0.556. The maximum atomic E-state index is 11.0. The highest BCUT2D eigenvalue weighted by molar-refractivity contribution is 5.91. The average Bonchev–Trinajstić information content (AvgIpc) is 2.27. The van der Waals surface area contributed by atoms with Crippen molar-refractivity contribution in [2.45, 2.75) is 19.4 Å². The van der Waals surface area contributed by atoms with E-state index >= 15 is 0 Å². The summed E-state index contributed by atoms with van der Waals surface area (Å²) >= 11 is 0. The van der Waals surface area contributed by atoms with Crippen LogP contribution in [0.1, 0.15) is 23.8 Å². The van der Waals surface area contributed by atoms with Crippen LogP contribution in [0, 0.1) is 5.41 Å². The van der Waals surface area contributed by atoms with Crippen LogP contribution in [0.4, 0.5) is 5.69 Å². The number of amides is 1. The zero-order chi connectivity index (χ0) is 13.0. The predicted octanol–water partition coefficient (Wildman–Crippen LogP) is 0.331. The van der Waals surface area contributed by atoms with Gasteiger partial charge in [0.15, 0.2) is 0 Å². The molecule has 92 valence electrons. The molecule has 1 unspecified atom stereocenters. The number of carbonyl (C=O) groups excluding carboxylic acids is 1. The van der Waals surface area contributed by atoms with Gasteiger partial charge in [0.1, 0.15) is 5.69 Å². The Labute approximate surface area is 100 Å². The van der Waals surface area contributed by atoms with E-state index in [2.05, 4.69) is 4.98 Å². The fourth-order valence-electron chi connectivity index (χ4n) is 1.48. The zero-order valence-electron chi connectivity index (χ0n) is 9.97. The highest BCUT2D eigenvalue weighted by Crippen LogP contribution is 2.16. The van der Waals surface area contributed by atoms with Crippen LogP contribution in [0.5, 0.6) is 0 Å². The minimum absolute atomic E-state index is 0.0654. The van der Waals surface area contributed by atoms with Crippen molar-refractivity contribution in [2.75, 3.05) is 11.9 Å². The van der Waals surface area contributed by atoms with E-state index in [0.717, 1.165) is 5.69 Å². The highest BCUT2D eigenvalue weighted by Gasteiger charge is 2.12. The van der Waals surface area contributed by atoms with Gasteiger partial charge in [-0.2, -0.15) is 0 Å². The molecule has 5 N–H and O–H groups in total. The van der Waals surface area contributed by atoms with Crippen molar-refractivity contribution < 1.29 is 4.79 Å². The molecule has 0 aliphatic carbocycles. The number of hydrogen-bond donors (Lipinski definition) is 3. The third-order valence-electron chi connectivity index (χ3n) is 2.58. The summed E-state index contributed by atoms with van der Waals surface area (Å²) < 4.78 is 0. The van der Waals surface area contributed by atoms with E-state index in [9.17, 15) is 4.79 Å². The lowest BCUT2D eigenvalue weighted by Gasteiger charge is -2.26. The lowest BCUT2D eigenvalue weighted by molar-refractivity contribution is 0.0995. The van der Waals surface area contributed by atoms with Gasteiger partial charge in [-0.25, -0.2) is 0 Å². The van der Waals surface area contributed by atoms with Crippen molar-refractivity contribution in [1.82, 2.24) is 4.98 Å². The number of pyridine rings is 1. The van der Waals surface area contributed by atoms with Crippen LogP contribution in [0.2, 0.25) is 0 Å². The van der Waals surface area contributed by atoms with E-state index in [1.807, 2.05) is 18.9 Å². The summed E-state index contributed by atoms with van der Waals surface area (Å²) in [6.07, 6.45) is 2.00. The first kappa shape index (κ1) is 13.0. The van der Waals surface area contributed by atoms with Gasteiger partial charge >= 0.3 is 0 Å². The molecule has 6 heteroatoms. The highest BCUT2D eigenvalue weighted by atomic mass is 16.1. The second-order valence-corrected chi connectivity index (χ2v) is 3.95. The van der Waals surface area contributed by atoms with Gasteiger partial charge in [0, 0.05) is 31.4 Å². The molecule has 0 saturated heterocycles. The van der Waals surface area contributed by atoms with Crippen LogP contribution in [0.3, 0.4) is 0 Å². The number of primary amides is 1. The Bertz CT molecular complexity index is 432. The van der Waals surface area contributed by atoms with E-state index < -0.39 is 5.91 Å². The van der Waals surface area contributed by atoms with Crippen molar-refractivity contribution in [3.05, 3.63) is 24.0 Å². The summed E-state index contributed by atoms with van der Waals surface area (Å²) in [6.45, 7) is 1.95. The molecule has 0 bridgehead atoms. The third-order valence-corrected chi connectivity index (χ3v) is 2.58. The van der Waals surface area contributed by atoms with Crippen molar-refractivity contribution in [1.29, 1.82) is 5.41 Å². The largest absolute Gasteiger partial charge is 0.388 e. The number of rotatable bonds is 5. The first-order valence-corrected chi connectivity index (χ1v) is 5.23. The first-order valence-electron chi connectivity index (χ1n) is 5.23. The summed E-state index contributed by atoms with van der Waals surface area (Å²) in [5.74, 6) is -0.423. The molecule has 0 aliphatic rings. The van der Waals surface area contributed by atoms with Crippen LogP contribution in [0.25, 0.3) is 0 Å². The fraction of sp³-hybridized carbons (Fsp3) is 0.364. The second-order valence-electron chi connectivity index (χ2n) is 3.95. The molecule has 0 fully saturated rings. The van der Waals surface area contributed by atoms with Gasteiger partial charge < -0.3 is 16.4 Å². The molecule has 0 aliphatic heterocycles. The first-order chi connectivity index (χ1) is 7.91. The molecule has 0 aromatic carbocycles. The standard InChI is InChI=1S/C11H17N5O/c1-7(5-10(12)13)16(2)8-3-4-15-9(6-8)11(14)17/h3-4,6-7H,5H2,1-2H3,(H3,12,13)(H2,14,17). The van der Waals surface area contributed by atoms with Gasteiger partial charge in [-0.1, -0.05) is 0 Å². The number of nitrogens with one attached hydrogen (secondary N) is 1. The Morgan fingerprint density at radius 1 is 1.59 bits per heavy atom. The zero-order valence-corrected chi connectivity index (χ0v) is 9.97. The van der Waals surface area contributed by atoms with Crippen LogP contribution in [0.15, 0.2) is 18.3 Å². The monoisotopic (exact) mass is 235 g/mol. The number of amidine groups is 1. The van der Waals surface area contributed by atoms with Gasteiger partial charge in [-0.15, -0.1) is 0 Å². The van der Waals surface area contributed by atoms with Gasteiger partial charge in [0.05, 0.1) is 5.84 Å². The van der Waals surface area contributed by atoms with E-state index in [-0.39, 0.29) is 17.6 Å². The van der Waals surface area contributed by atoms with Gasteiger partial charge in [-0.05, 0) is 19.1 Å². The Balaban J connectivity index is 2.88. The molecule has 1 aromatic heterocycles.